The number of benzene rings is 1. The minimum atomic E-state index is -0.403. The first kappa shape index (κ1) is 18.0. The summed E-state index contributed by atoms with van der Waals surface area (Å²) in [5.41, 5.74) is 1.16. The van der Waals surface area contributed by atoms with Crippen molar-refractivity contribution >= 4 is 17.5 Å². The lowest BCUT2D eigenvalue weighted by Crippen LogP contribution is -2.46. The van der Waals surface area contributed by atoms with E-state index in [2.05, 4.69) is 22.3 Å². The summed E-state index contributed by atoms with van der Waals surface area (Å²) in [5, 5.41) is 2.97. The van der Waals surface area contributed by atoms with E-state index in [1.165, 1.54) is 6.26 Å². The molecule has 1 aliphatic heterocycles. The number of nitrogens with zero attached hydrogens (tertiary/aromatic N) is 2. The third-order valence-electron chi connectivity index (χ3n) is 4.71. The van der Waals surface area contributed by atoms with Crippen LogP contribution in [-0.4, -0.2) is 49.4 Å². The summed E-state index contributed by atoms with van der Waals surface area (Å²) in [6.07, 6.45) is 3.85. The zero-order valence-electron chi connectivity index (χ0n) is 15.1. The number of anilines is 1. The molecule has 1 atom stereocenters. The van der Waals surface area contributed by atoms with Crippen LogP contribution >= 0.6 is 0 Å². The van der Waals surface area contributed by atoms with Gasteiger partial charge in [0.25, 0.3) is 5.91 Å². The molecule has 0 spiro atoms. The molecule has 1 aromatic heterocycles. The monoisotopic (exact) mass is 355 g/mol. The molecule has 1 aliphatic rings. The average molecular weight is 355 g/mol. The van der Waals surface area contributed by atoms with E-state index in [0.717, 1.165) is 25.1 Å². The van der Waals surface area contributed by atoms with Crippen molar-refractivity contribution in [2.45, 2.75) is 25.3 Å². The highest BCUT2D eigenvalue weighted by atomic mass is 16.3. The molecule has 6 nitrogen and oxygen atoms in total. The Labute approximate surface area is 153 Å². The molecular weight excluding hydrogens is 330 g/mol. The number of hydrogen-bond donors (Lipinski definition) is 1. The van der Waals surface area contributed by atoms with Crippen molar-refractivity contribution in [1.29, 1.82) is 0 Å². The number of likely N-dealkylation sites (tertiary alicyclic amines) is 1. The van der Waals surface area contributed by atoms with Crippen LogP contribution in [0.3, 0.4) is 0 Å². The number of carbonyl (C=O) groups is 2. The number of amides is 2. The predicted octanol–water partition coefficient (Wildman–Crippen LogP) is 2.53. The molecule has 0 saturated carbocycles. The second-order valence-corrected chi connectivity index (χ2v) is 6.54. The molecule has 1 N–H and O–H groups in total. The fourth-order valence-corrected chi connectivity index (χ4v) is 3.28. The van der Waals surface area contributed by atoms with Gasteiger partial charge in [-0.05, 0) is 43.5 Å². The van der Waals surface area contributed by atoms with Crippen molar-refractivity contribution in [3.8, 4) is 0 Å². The average Bonchev–Trinajstić information content (AvgIpc) is 3.37. The number of para-hydroxylation sites is 1. The first-order valence-electron chi connectivity index (χ1n) is 9.05. The molecular formula is C20H25N3O3. The van der Waals surface area contributed by atoms with Gasteiger partial charge in [0.05, 0.1) is 6.26 Å². The second-order valence-electron chi connectivity index (χ2n) is 6.54. The van der Waals surface area contributed by atoms with Gasteiger partial charge in [0.15, 0.2) is 5.76 Å². The minimum Gasteiger partial charge on any atom is -0.459 e. The molecule has 2 aromatic rings. The molecule has 2 heterocycles. The summed E-state index contributed by atoms with van der Waals surface area (Å²) in [7, 11) is 2.04. The van der Waals surface area contributed by atoms with Crippen molar-refractivity contribution in [1.82, 2.24) is 10.2 Å². The molecule has 1 aromatic carbocycles. The van der Waals surface area contributed by atoms with E-state index in [-0.39, 0.29) is 17.6 Å². The van der Waals surface area contributed by atoms with Crippen LogP contribution in [-0.2, 0) is 4.79 Å². The van der Waals surface area contributed by atoms with Gasteiger partial charge in [0.1, 0.15) is 6.04 Å². The third-order valence-corrected chi connectivity index (χ3v) is 4.71. The van der Waals surface area contributed by atoms with Gasteiger partial charge < -0.3 is 19.5 Å². The van der Waals surface area contributed by atoms with Gasteiger partial charge in [-0.25, -0.2) is 0 Å². The van der Waals surface area contributed by atoms with E-state index in [9.17, 15) is 9.59 Å². The summed E-state index contributed by atoms with van der Waals surface area (Å²) in [6, 6.07) is 13.1. The van der Waals surface area contributed by atoms with Crippen LogP contribution in [0, 0.1) is 0 Å². The van der Waals surface area contributed by atoms with E-state index in [4.69, 9.17) is 4.42 Å². The zero-order valence-corrected chi connectivity index (χ0v) is 15.1. The highest BCUT2D eigenvalue weighted by Crippen LogP contribution is 2.20. The number of furan rings is 1. The minimum absolute atomic E-state index is 0.0789. The maximum atomic E-state index is 12.5. The van der Waals surface area contributed by atoms with Gasteiger partial charge in [-0.2, -0.15) is 0 Å². The van der Waals surface area contributed by atoms with Crippen LogP contribution in [0.4, 0.5) is 5.69 Å². The third kappa shape index (κ3) is 4.25. The lowest BCUT2D eigenvalue weighted by atomic mass is 10.2. The first-order chi connectivity index (χ1) is 12.7. The molecule has 0 radical (unpaired) electrons. The molecule has 138 valence electrons. The highest BCUT2D eigenvalue weighted by Gasteiger charge is 2.35. The molecule has 1 fully saturated rings. The van der Waals surface area contributed by atoms with E-state index in [1.807, 2.05) is 25.2 Å². The van der Waals surface area contributed by atoms with Crippen molar-refractivity contribution < 1.29 is 14.0 Å². The van der Waals surface area contributed by atoms with E-state index in [1.54, 1.807) is 17.0 Å². The summed E-state index contributed by atoms with van der Waals surface area (Å²) in [4.78, 5) is 28.7. The zero-order chi connectivity index (χ0) is 18.4. The SMILES string of the molecule is CN(CCCNC(=O)C1CCCN1C(=O)c1ccco1)c1ccccc1. The quantitative estimate of drug-likeness (QED) is 0.775. The van der Waals surface area contributed by atoms with Crippen molar-refractivity contribution in [3.63, 3.8) is 0 Å². The van der Waals surface area contributed by atoms with Gasteiger partial charge in [-0.3, -0.25) is 9.59 Å². The molecule has 0 aliphatic carbocycles. The van der Waals surface area contributed by atoms with Crippen molar-refractivity contribution in [3.05, 3.63) is 54.5 Å². The summed E-state index contributed by atoms with van der Waals surface area (Å²) < 4.78 is 5.17. The molecule has 6 heteroatoms. The molecule has 1 unspecified atom stereocenters. The van der Waals surface area contributed by atoms with Gasteiger partial charge in [0.2, 0.25) is 5.91 Å². The lowest BCUT2D eigenvalue weighted by molar-refractivity contribution is -0.124. The number of rotatable bonds is 7. The summed E-state index contributed by atoms with van der Waals surface area (Å²) in [5.74, 6) is -0.00424. The Balaban J connectivity index is 1.45. The Morgan fingerprint density at radius 3 is 2.77 bits per heavy atom. The Morgan fingerprint density at radius 2 is 2.04 bits per heavy atom. The van der Waals surface area contributed by atoms with Gasteiger partial charge in [-0.1, -0.05) is 18.2 Å². The normalized spacial score (nSPS) is 16.5. The number of carbonyl (C=O) groups excluding carboxylic acids is 2. The van der Waals surface area contributed by atoms with Crippen LogP contribution in [0.15, 0.2) is 53.1 Å². The molecule has 3 rings (SSSR count). The predicted molar refractivity (Wildman–Crippen MR) is 100 cm³/mol. The summed E-state index contributed by atoms with van der Waals surface area (Å²) in [6.45, 7) is 2.04. The fourth-order valence-electron chi connectivity index (χ4n) is 3.28. The molecule has 2 amide bonds. The number of nitrogens with one attached hydrogen (secondary N) is 1. The van der Waals surface area contributed by atoms with Crippen molar-refractivity contribution in [2.24, 2.45) is 0 Å². The van der Waals surface area contributed by atoms with Gasteiger partial charge in [-0.15, -0.1) is 0 Å². The Kier molecular flexibility index (Phi) is 5.94. The van der Waals surface area contributed by atoms with Gasteiger partial charge in [0, 0.05) is 32.4 Å². The highest BCUT2D eigenvalue weighted by molar-refractivity contribution is 5.95. The van der Waals surface area contributed by atoms with E-state index in [0.29, 0.717) is 19.5 Å². The Hall–Kier alpha value is -2.76. The molecule has 26 heavy (non-hydrogen) atoms. The van der Waals surface area contributed by atoms with E-state index < -0.39 is 6.04 Å². The first-order valence-corrected chi connectivity index (χ1v) is 9.05. The van der Waals surface area contributed by atoms with E-state index >= 15 is 0 Å². The van der Waals surface area contributed by atoms with Crippen LogP contribution in [0.5, 0.6) is 0 Å². The maximum absolute atomic E-state index is 12.5. The van der Waals surface area contributed by atoms with Crippen LogP contribution < -0.4 is 10.2 Å². The standard InChI is InChI=1S/C20H25N3O3/c1-22(16-8-3-2-4-9-16)13-7-12-21-19(24)17-10-5-14-23(17)20(25)18-11-6-15-26-18/h2-4,6,8-9,11,15,17H,5,7,10,12-14H2,1H3,(H,21,24). The van der Waals surface area contributed by atoms with Gasteiger partial charge >= 0.3 is 0 Å². The lowest BCUT2D eigenvalue weighted by Gasteiger charge is -2.23. The summed E-state index contributed by atoms with van der Waals surface area (Å²) >= 11 is 0. The maximum Gasteiger partial charge on any atom is 0.290 e. The van der Waals surface area contributed by atoms with Crippen molar-refractivity contribution in [2.75, 3.05) is 31.6 Å². The molecule has 0 bridgehead atoms. The van der Waals surface area contributed by atoms with Crippen LogP contribution in [0.1, 0.15) is 29.8 Å². The fraction of sp³-hybridized carbons (Fsp3) is 0.400. The van der Waals surface area contributed by atoms with Crippen LogP contribution in [0.2, 0.25) is 0 Å². The second kappa shape index (κ2) is 8.56. The Morgan fingerprint density at radius 1 is 1.23 bits per heavy atom. The smallest absolute Gasteiger partial charge is 0.290 e. The molecule has 1 saturated heterocycles. The Bertz CT molecular complexity index is 715. The largest absolute Gasteiger partial charge is 0.459 e. The topological polar surface area (TPSA) is 65.8 Å². The van der Waals surface area contributed by atoms with Crippen LogP contribution in [0.25, 0.3) is 0 Å². The number of hydrogen-bond acceptors (Lipinski definition) is 4.